The van der Waals surface area contributed by atoms with E-state index in [1.54, 1.807) is 17.3 Å². The molecule has 4 rings (SSSR count). The molecule has 0 nitrogen and oxygen atoms in total. The minimum atomic E-state index is -0.261. The lowest BCUT2D eigenvalue weighted by Crippen LogP contribution is -2.26. The lowest BCUT2D eigenvalue weighted by molar-refractivity contribution is 0.294. The quantitative estimate of drug-likeness (QED) is 0.672. The second-order valence-corrected chi connectivity index (χ2v) is 8.98. The van der Waals surface area contributed by atoms with Gasteiger partial charge in [-0.15, -0.1) is 0 Å². The minimum absolute atomic E-state index is 0.261. The molecule has 1 aliphatic heterocycles. The van der Waals surface area contributed by atoms with E-state index in [-0.39, 0.29) is 8.80 Å². The normalized spacial score (nSPS) is 27.6. The topological polar surface area (TPSA) is 0 Å². The van der Waals surface area contributed by atoms with Gasteiger partial charge in [0.2, 0.25) is 0 Å². The summed E-state index contributed by atoms with van der Waals surface area (Å²) in [5, 5.41) is 4.52. The summed E-state index contributed by atoms with van der Waals surface area (Å²) < 4.78 is 0. The van der Waals surface area contributed by atoms with E-state index >= 15 is 0 Å². The summed E-state index contributed by atoms with van der Waals surface area (Å²) in [5.41, 5.74) is 0. The molecule has 2 unspecified atom stereocenters. The van der Waals surface area contributed by atoms with Crippen LogP contribution in [0.4, 0.5) is 0 Å². The van der Waals surface area contributed by atoms with Gasteiger partial charge in [-0.2, -0.15) is 0 Å². The van der Waals surface area contributed by atoms with Crippen molar-refractivity contribution in [1.82, 2.24) is 0 Å². The summed E-state index contributed by atoms with van der Waals surface area (Å²) in [6, 6.07) is 19.1. The van der Waals surface area contributed by atoms with Crippen molar-refractivity contribution in [2.45, 2.75) is 37.8 Å². The third-order valence-electron chi connectivity index (χ3n) is 5.24. The van der Waals surface area contributed by atoms with Crippen LogP contribution in [0.3, 0.4) is 0 Å². The van der Waals surface area contributed by atoms with Gasteiger partial charge < -0.3 is 0 Å². The summed E-state index contributed by atoms with van der Waals surface area (Å²) in [6.07, 6.45) is 6.03. The average Bonchev–Trinajstić information content (AvgIpc) is 2.90. The molecule has 0 spiro atoms. The molecule has 0 aromatic heterocycles. The fourth-order valence-corrected chi connectivity index (χ4v) is 7.84. The van der Waals surface area contributed by atoms with Crippen LogP contribution in [0.2, 0.25) is 12.1 Å². The number of rotatable bonds is 1. The Morgan fingerprint density at radius 3 is 2.21 bits per heavy atom. The van der Waals surface area contributed by atoms with Crippen LogP contribution in [-0.2, 0) is 0 Å². The van der Waals surface area contributed by atoms with Crippen molar-refractivity contribution in [1.29, 1.82) is 0 Å². The van der Waals surface area contributed by atoms with Crippen molar-refractivity contribution < 1.29 is 0 Å². The molecule has 2 aliphatic rings. The summed E-state index contributed by atoms with van der Waals surface area (Å²) in [4.78, 5) is 0. The number of hydrogen-bond acceptors (Lipinski definition) is 0. The van der Waals surface area contributed by atoms with Crippen LogP contribution in [0, 0.1) is 11.8 Å². The molecule has 1 heterocycles. The highest BCUT2D eigenvalue weighted by molar-refractivity contribution is 6.74. The molecule has 2 fully saturated rings. The van der Waals surface area contributed by atoms with E-state index in [0.29, 0.717) is 0 Å². The summed E-state index contributed by atoms with van der Waals surface area (Å²) in [7, 11) is -0.261. The first-order valence-corrected chi connectivity index (χ1v) is 9.65. The Kier molecular flexibility index (Phi) is 2.95. The predicted octanol–water partition coefficient (Wildman–Crippen LogP) is 4.36. The van der Waals surface area contributed by atoms with Crippen LogP contribution < -0.4 is 5.19 Å². The van der Waals surface area contributed by atoms with Gasteiger partial charge in [-0.3, -0.25) is 0 Å². The van der Waals surface area contributed by atoms with Crippen LogP contribution in [0.1, 0.15) is 25.7 Å². The highest BCUT2D eigenvalue weighted by Crippen LogP contribution is 2.42. The van der Waals surface area contributed by atoms with Crippen LogP contribution in [0.25, 0.3) is 10.8 Å². The fraction of sp³-hybridized carbons (Fsp3) is 0.444. The van der Waals surface area contributed by atoms with Crippen molar-refractivity contribution in [2.24, 2.45) is 11.8 Å². The van der Waals surface area contributed by atoms with Crippen LogP contribution >= 0.6 is 0 Å². The van der Waals surface area contributed by atoms with Crippen LogP contribution in [0.15, 0.2) is 42.5 Å². The lowest BCUT2D eigenvalue weighted by atomic mass is 9.82. The van der Waals surface area contributed by atoms with Gasteiger partial charge in [0.1, 0.15) is 0 Å². The zero-order chi connectivity index (χ0) is 12.7. The molecule has 0 N–H and O–H groups in total. The third-order valence-corrected chi connectivity index (χ3v) is 8.40. The van der Waals surface area contributed by atoms with Crippen molar-refractivity contribution >= 4 is 24.8 Å². The lowest BCUT2D eigenvalue weighted by Gasteiger charge is -2.24. The first kappa shape index (κ1) is 11.7. The maximum absolute atomic E-state index is 2.49. The summed E-state index contributed by atoms with van der Waals surface area (Å²) in [5.74, 6) is 2.16. The van der Waals surface area contributed by atoms with E-state index in [4.69, 9.17) is 0 Å². The van der Waals surface area contributed by atoms with E-state index < -0.39 is 0 Å². The van der Waals surface area contributed by atoms with E-state index in [2.05, 4.69) is 42.5 Å². The van der Waals surface area contributed by atoms with Gasteiger partial charge in [0.15, 0.2) is 0 Å². The molecule has 1 saturated carbocycles. The molecular weight excluding hydrogens is 244 g/mol. The maximum atomic E-state index is 2.49. The Bertz CT molecular complexity index is 575. The van der Waals surface area contributed by atoms with Crippen LogP contribution in [0.5, 0.6) is 0 Å². The third kappa shape index (κ3) is 2.14. The Hall–Kier alpha value is -1.08. The zero-order valence-electron chi connectivity index (χ0n) is 11.4. The monoisotopic (exact) mass is 265 g/mol. The summed E-state index contributed by atoms with van der Waals surface area (Å²) in [6.45, 7) is 0. The minimum Gasteiger partial charge on any atom is -0.0626 e. The molecule has 2 aromatic carbocycles. The van der Waals surface area contributed by atoms with Crippen molar-refractivity contribution in [2.75, 3.05) is 0 Å². The smallest absolute Gasteiger partial charge is 0.0626 e. The molecule has 1 radical (unpaired) electrons. The van der Waals surface area contributed by atoms with Crippen molar-refractivity contribution in [3.8, 4) is 0 Å². The van der Waals surface area contributed by atoms with Gasteiger partial charge in [-0.1, -0.05) is 85.4 Å². The van der Waals surface area contributed by atoms with E-state index in [1.165, 1.54) is 36.5 Å². The Balaban J connectivity index is 1.64. The molecule has 1 saturated heterocycles. The first-order chi connectivity index (χ1) is 9.40. The van der Waals surface area contributed by atoms with Gasteiger partial charge in [-0.25, -0.2) is 0 Å². The van der Waals surface area contributed by atoms with Gasteiger partial charge in [0, 0.05) is 0 Å². The standard InChI is InChI=1S/C18H21Si/c1-2-6-15-11-18(10-9-14(15)5-1)19-12-16-7-3-4-8-17(16)13-19/h1-2,5-6,9-11,16-17H,3-4,7-8,12-13H2. The number of benzene rings is 2. The Morgan fingerprint density at radius 1 is 0.789 bits per heavy atom. The van der Waals surface area contributed by atoms with Gasteiger partial charge >= 0.3 is 0 Å². The molecule has 1 aliphatic carbocycles. The molecular formula is C18H21Si. The molecule has 0 amide bonds. The Labute approximate surface area is 117 Å². The molecule has 19 heavy (non-hydrogen) atoms. The predicted molar refractivity (Wildman–Crippen MR) is 84.4 cm³/mol. The molecule has 2 aromatic rings. The SMILES string of the molecule is c1ccc2cc([Si]3CC4CCCCC4C3)ccc2c1. The maximum Gasteiger partial charge on any atom is 0.0862 e. The van der Waals surface area contributed by atoms with Crippen molar-refractivity contribution in [3.05, 3.63) is 42.5 Å². The van der Waals surface area contributed by atoms with E-state index in [1.807, 2.05) is 0 Å². The Morgan fingerprint density at radius 2 is 1.47 bits per heavy atom. The largest absolute Gasteiger partial charge is 0.0862 e. The molecule has 97 valence electrons. The van der Waals surface area contributed by atoms with E-state index in [9.17, 15) is 0 Å². The number of hydrogen-bond donors (Lipinski definition) is 0. The number of fused-ring (bicyclic) bond motifs is 2. The summed E-state index contributed by atoms with van der Waals surface area (Å²) >= 11 is 0. The van der Waals surface area contributed by atoms with Gasteiger partial charge in [0.25, 0.3) is 0 Å². The average molecular weight is 265 g/mol. The zero-order valence-corrected chi connectivity index (χ0v) is 12.4. The first-order valence-electron chi connectivity index (χ1n) is 7.74. The van der Waals surface area contributed by atoms with Crippen molar-refractivity contribution in [3.63, 3.8) is 0 Å². The fourth-order valence-electron chi connectivity index (χ4n) is 4.18. The molecule has 0 bridgehead atoms. The molecule has 1 heteroatoms. The second kappa shape index (κ2) is 4.79. The van der Waals surface area contributed by atoms with Crippen LogP contribution in [-0.4, -0.2) is 8.80 Å². The highest BCUT2D eigenvalue weighted by Gasteiger charge is 2.37. The van der Waals surface area contributed by atoms with Gasteiger partial charge in [-0.05, 0) is 22.6 Å². The van der Waals surface area contributed by atoms with Gasteiger partial charge in [0.05, 0.1) is 8.80 Å². The second-order valence-electron chi connectivity index (χ2n) is 6.38. The van der Waals surface area contributed by atoms with E-state index in [0.717, 1.165) is 11.8 Å². The highest BCUT2D eigenvalue weighted by atomic mass is 28.3. The molecule has 2 atom stereocenters.